The number of anilines is 1. The Morgan fingerprint density at radius 3 is 2.62 bits per heavy atom. The number of hydrogen-bond donors (Lipinski definition) is 1. The summed E-state index contributed by atoms with van der Waals surface area (Å²) < 4.78 is 1.39. The second kappa shape index (κ2) is 7.47. The fraction of sp³-hybridized carbons (Fsp3) is 0.609. The van der Waals surface area contributed by atoms with E-state index in [9.17, 15) is 4.79 Å². The lowest BCUT2D eigenvalue weighted by molar-refractivity contribution is -0.0573. The SMILES string of the molecule is CN(C)C(=O)NC1CC2(CC(CN3CCN(c4cccc5sccc45)CC3)C2)C1. The lowest BCUT2D eigenvalue weighted by Crippen LogP contribution is -2.59. The lowest BCUT2D eigenvalue weighted by Gasteiger charge is -2.58. The molecule has 5 rings (SSSR count). The fourth-order valence-corrected chi connectivity index (χ4v) is 6.62. The Hall–Kier alpha value is -1.79. The first-order chi connectivity index (χ1) is 14.0. The van der Waals surface area contributed by atoms with Crippen LogP contribution in [0.25, 0.3) is 10.1 Å². The van der Waals surface area contributed by atoms with Crippen LogP contribution >= 0.6 is 11.3 Å². The summed E-state index contributed by atoms with van der Waals surface area (Å²) in [5.41, 5.74) is 1.96. The minimum absolute atomic E-state index is 0.0525. The number of hydrogen-bond acceptors (Lipinski definition) is 4. The van der Waals surface area contributed by atoms with Gasteiger partial charge in [0.1, 0.15) is 0 Å². The number of thiophene rings is 1. The van der Waals surface area contributed by atoms with Gasteiger partial charge in [-0.1, -0.05) is 6.07 Å². The first-order valence-electron chi connectivity index (χ1n) is 10.9. The number of benzene rings is 1. The second-order valence-corrected chi connectivity index (χ2v) is 10.6. The maximum atomic E-state index is 11.8. The van der Waals surface area contributed by atoms with Crippen molar-refractivity contribution in [1.29, 1.82) is 0 Å². The molecule has 2 aromatic rings. The molecule has 3 fully saturated rings. The van der Waals surface area contributed by atoms with Crippen molar-refractivity contribution in [2.45, 2.75) is 31.7 Å². The Labute approximate surface area is 177 Å². The quantitative estimate of drug-likeness (QED) is 0.829. The third kappa shape index (κ3) is 3.73. The number of fused-ring (bicyclic) bond motifs is 1. The zero-order valence-corrected chi connectivity index (χ0v) is 18.4. The van der Waals surface area contributed by atoms with E-state index in [0.29, 0.717) is 11.5 Å². The molecule has 1 saturated heterocycles. The van der Waals surface area contributed by atoms with Gasteiger partial charge in [-0.3, -0.25) is 4.90 Å². The van der Waals surface area contributed by atoms with Gasteiger partial charge in [-0.2, -0.15) is 0 Å². The van der Waals surface area contributed by atoms with E-state index in [1.54, 1.807) is 4.90 Å². The third-order valence-electron chi connectivity index (χ3n) is 7.24. The molecule has 2 heterocycles. The van der Waals surface area contributed by atoms with Gasteiger partial charge in [0, 0.05) is 68.6 Å². The predicted octanol–water partition coefficient (Wildman–Crippen LogP) is 3.85. The summed E-state index contributed by atoms with van der Waals surface area (Å²) >= 11 is 1.83. The van der Waals surface area contributed by atoms with E-state index in [4.69, 9.17) is 0 Å². The smallest absolute Gasteiger partial charge is 0.317 e. The average molecular weight is 413 g/mol. The minimum atomic E-state index is 0.0525. The van der Waals surface area contributed by atoms with Gasteiger partial charge in [-0.15, -0.1) is 11.3 Å². The van der Waals surface area contributed by atoms with Crippen molar-refractivity contribution >= 4 is 33.1 Å². The highest BCUT2D eigenvalue weighted by molar-refractivity contribution is 7.17. The third-order valence-corrected chi connectivity index (χ3v) is 8.12. The average Bonchev–Trinajstić information content (AvgIpc) is 3.13. The largest absolute Gasteiger partial charge is 0.368 e. The van der Waals surface area contributed by atoms with Crippen LogP contribution < -0.4 is 10.2 Å². The first kappa shape index (κ1) is 19.2. The summed E-state index contributed by atoms with van der Waals surface area (Å²) in [6, 6.07) is 9.42. The van der Waals surface area contributed by atoms with Crippen LogP contribution in [0.15, 0.2) is 29.6 Å². The van der Waals surface area contributed by atoms with Gasteiger partial charge in [-0.05, 0) is 60.6 Å². The number of rotatable bonds is 4. The molecule has 3 aliphatic rings. The Kier molecular flexibility index (Phi) is 4.95. The maximum absolute atomic E-state index is 11.8. The van der Waals surface area contributed by atoms with Crippen LogP contribution in [-0.2, 0) is 0 Å². The summed E-state index contributed by atoms with van der Waals surface area (Å²) in [4.78, 5) is 18.7. The number of urea groups is 1. The molecule has 0 bridgehead atoms. The lowest BCUT2D eigenvalue weighted by atomic mass is 9.50. The number of carbonyl (C=O) groups excluding carboxylic acids is 1. The molecule has 5 nitrogen and oxygen atoms in total. The van der Waals surface area contributed by atoms with Gasteiger partial charge < -0.3 is 15.1 Å². The van der Waals surface area contributed by atoms with Crippen LogP contribution in [0.5, 0.6) is 0 Å². The van der Waals surface area contributed by atoms with E-state index < -0.39 is 0 Å². The van der Waals surface area contributed by atoms with Gasteiger partial charge in [0.15, 0.2) is 0 Å². The van der Waals surface area contributed by atoms with Crippen molar-refractivity contribution in [3.8, 4) is 0 Å². The zero-order chi connectivity index (χ0) is 20.0. The molecule has 0 radical (unpaired) electrons. The molecule has 2 aliphatic carbocycles. The van der Waals surface area contributed by atoms with Crippen LogP contribution in [0.2, 0.25) is 0 Å². The van der Waals surface area contributed by atoms with Crippen LogP contribution in [0.3, 0.4) is 0 Å². The molecule has 1 spiro atoms. The molecule has 1 aliphatic heterocycles. The van der Waals surface area contributed by atoms with Crippen molar-refractivity contribution in [3.05, 3.63) is 29.6 Å². The van der Waals surface area contributed by atoms with Crippen molar-refractivity contribution in [1.82, 2.24) is 15.1 Å². The number of amides is 2. The predicted molar refractivity (Wildman–Crippen MR) is 121 cm³/mol. The van der Waals surface area contributed by atoms with Crippen molar-refractivity contribution in [3.63, 3.8) is 0 Å². The van der Waals surface area contributed by atoms with Crippen molar-refractivity contribution < 1.29 is 4.79 Å². The molecule has 1 aromatic carbocycles. The number of nitrogens with zero attached hydrogens (tertiary/aromatic N) is 3. The summed E-state index contributed by atoms with van der Waals surface area (Å²) in [6.45, 7) is 5.86. The highest BCUT2D eigenvalue weighted by Crippen LogP contribution is 2.58. The Bertz CT molecular complexity index is 872. The van der Waals surface area contributed by atoms with Gasteiger partial charge in [0.2, 0.25) is 0 Å². The van der Waals surface area contributed by atoms with E-state index in [1.807, 2.05) is 25.4 Å². The molecule has 156 valence electrons. The molecule has 6 heteroatoms. The Morgan fingerprint density at radius 1 is 1.14 bits per heavy atom. The number of nitrogens with one attached hydrogen (secondary N) is 1. The summed E-state index contributed by atoms with van der Waals surface area (Å²) in [6.07, 6.45) is 5.08. The van der Waals surface area contributed by atoms with Crippen LogP contribution in [0, 0.1) is 11.3 Å². The normalized spacial score (nSPS) is 29.5. The van der Waals surface area contributed by atoms with Crippen LogP contribution in [0.4, 0.5) is 10.5 Å². The molecular formula is C23H32N4OS. The summed E-state index contributed by atoms with van der Waals surface area (Å²) in [5.74, 6) is 0.854. The van der Waals surface area contributed by atoms with Gasteiger partial charge in [0.05, 0.1) is 0 Å². The molecule has 1 N–H and O–H groups in total. The zero-order valence-electron chi connectivity index (χ0n) is 17.6. The molecule has 2 amide bonds. The van der Waals surface area contributed by atoms with Gasteiger partial charge in [-0.25, -0.2) is 4.79 Å². The first-order valence-corrected chi connectivity index (χ1v) is 11.8. The second-order valence-electron chi connectivity index (χ2n) is 9.62. The van der Waals surface area contributed by atoms with E-state index in [0.717, 1.165) is 19.0 Å². The van der Waals surface area contributed by atoms with E-state index in [1.165, 1.54) is 61.1 Å². The molecular weight excluding hydrogens is 380 g/mol. The molecule has 0 unspecified atom stereocenters. The van der Waals surface area contributed by atoms with E-state index in [-0.39, 0.29) is 6.03 Å². The number of carbonyl (C=O) groups is 1. The monoisotopic (exact) mass is 412 g/mol. The number of piperazine rings is 1. The Balaban J connectivity index is 1.06. The maximum Gasteiger partial charge on any atom is 0.317 e. The standard InChI is InChI=1S/C23H32N4OS/c1-25(2)22(28)24-18-14-23(15-18)12-17(13-23)16-26-7-9-27(10-8-26)20-4-3-5-21-19(20)6-11-29-21/h3-6,11,17-18H,7-10,12-16H2,1-2H3,(H,24,28). The summed E-state index contributed by atoms with van der Waals surface area (Å²) in [7, 11) is 3.62. The topological polar surface area (TPSA) is 38.8 Å². The fourth-order valence-electron chi connectivity index (χ4n) is 5.81. The Morgan fingerprint density at radius 2 is 1.90 bits per heavy atom. The van der Waals surface area contributed by atoms with E-state index in [2.05, 4.69) is 44.8 Å². The minimum Gasteiger partial charge on any atom is -0.368 e. The van der Waals surface area contributed by atoms with Gasteiger partial charge >= 0.3 is 6.03 Å². The molecule has 0 atom stereocenters. The molecule has 2 saturated carbocycles. The summed E-state index contributed by atoms with van der Waals surface area (Å²) in [5, 5.41) is 6.75. The van der Waals surface area contributed by atoms with Crippen LogP contribution in [-0.4, -0.2) is 68.7 Å². The van der Waals surface area contributed by atoms with Crippen molar-refractivity contribution in [2.75, 3.05) is 51.7 Å². The van der Waals surface area contributed by atoms with Crippen molar-refractivity contribution in [2.24, 2.45) is 11.3 Å². The highest BCUT2D eigenvalue weighted by atomic mass is 32.1. The highest BCUT2D eigenvalue weighted by Gasteiger charge is 2.53. The van der Waals surface area contributed by atoms with E-state index >= 15 is 0 Å². The van der Waals surface area contributed by atoms with Crippen LogP contribution in [0.1, 0.15) is 25.7 Å². The molecule has 1 aromatic heterocycles. The molecule has 29 heavy (non-hydrogen) atoms. The van der Waals surface area contributed by atoms with Gasteiger partial charge in [0.25, 0.3) is 0 Å².